The first kappa shape index (κ1) is 22.0. The number of imidazole rings is 1. The molecule has 0 amide bonds. The Morgan fingerprint density at radius 1 is 1.16 bits per heavy atom. The second-order valence-electron chi connectivity index (χ2n) is 8.09. The summed E-state index contributed by atoms with van der Waals surface area (Å²) in [4.78, 5) is 16.0. The van der Waals surface area contributed by atoms with E-state index in [1.165, 1.54) is 5.56 Å². The van der Waals surface area contributed by atoms with Gasteiger partial charge in [-0.2, -0.15) is 0 Å². The van der Waals surface area contributed by atoms with Gasteiger partial charge in [0.25, 0.3) is 0 Å². The molecule has 32 heavy (non-hydrogen) atoms. The van der Waals surface area contributed by atoms with Crippen molar-refractivity contribution in [3.8, 4) is 5.88 Å². The number of morpholine rings is 1. The maximum atomic E-state index is 6.06. The van der Waals surface area contributed by atoms with Crippen LogP contribution in [0, 0.1) is 13.8 Å². The molecule has 0 spiro atoms. The zero-order valence-electron chi connectivity index (χ0n) is 19.1. The van der Waals surface area contributed by atoms with Gasteiger partial charge in [0.1, 0.15) is 5.82 Å². The molecule has 1 saturated heterocycles. The van der Waals surface area contributed by atoms with Crippen LogP contribution < -0.4 is 9.64 Å². The molecule has 0 atom stereocenters. The van der Waals surface area contributed by atoms with Crippen molar-refractivity contribution in [1.29, 1.82) is 0 Å². The van der Waals surface area contributed by atoms with Crippen molar-refractivity contribution >= 4 is 11.9 Å². The van der Waals surface area contributed by atoms with Gasteiger partial charge in [-0.3, -0.25) is 4.99 Å². The van der Waals surface area contributed by atoms with Gasteiger partial charge in [0.15, 0.2) is 0 Å². The third-order valence-electron chi connectivity index (χ3n) is 5.68. The Balaban J connectivity index is 1.47. The standard InChI is InChI=1S/C25H31N5O2/c1-19-5-4-6-21(13-19)16-26-17-22-14-24(30-8-11-31-12-9-30)15-25(28-22)32-10-7-23-18-27-20(2)29(23)3/h4-6,13-16,18H,7-12,17H2,1-3H3. The molecule has 0 bridgehead atoms. The number of aliphatic imine (C=N–C) groups is 1. The van der Waals surface area contributed by atoms with Crippen molar-refractivity contribution in [2.45, 2.75) is 26.8 Å². The lowest BCUT2D eigenvalue weighted by atomic mass is 10.1. The lowest BCUT2D eigenvalue weighted by Gasteiger charge is -2.29. The van der Waals surface area contributed by atoms with Crippen LogP contribution in [0.3, 0.4) is 0 Å². The Kier molecular flexibility index (Phi) is 7.17. The van der Waals surface area contributed by atoms with E-state index >= 15 is 0 Å². The number of hydrogen-bond donors (Lipinski definition) is 0. The molecule has 0 saturated carbocycles. The maximum absolute atomic E-state index is 6.06. The molecule has 168 valence electrons. The number of anilines is 1. The van der Waals surface area contributed by atoms with Crippen LogP contribution in [0.15, 0.2) is 47.6 Å². The van der Waals surface area contributed by atoms with Gasteiger partial charge in [0.2, 0.25) is 5.88 Å². The van der Waals surface area contributed by atoms with E-state index in [0.717, 1.165) is 61.2 Å². The number of rotatable bonds is 8. The van der Waals surface area contributed by atoms with Crippen molar-refractivity contribution in [2.24, 2.45) is 12.0 Å². The van der Waals surface area contributed by atoms with Crippen LogP contribution in [0.1, 0.15) is 28.3 Å². The van der Waals surface area contributed by atoms with Crippen molar-refractivity contribution in [1.82, 2.24) is 14.5 Å². The molecule has 1 aliphatic rings. The summed E-state index contributed by atoms with van der Waals surface area (Å²) >= 11 is 0. The molecule has 2 aromatic heterocycles. The van der Waals surface area contributed by atoms with Gasteiger partial charge in [-0.25, -0.2) is 9.97 Å². The Morgan fingerprint density at radius 2 is 2.00 bits per heavy atom. The van der Waals surface area contributed by atoms with Crippen LogP contribution in [-0.2, 0) is 24.8 Å². The summed E-state index contributed by atoms with van der Waals surface area (Å²) in [6.07, 6.45) is 4.59. The molecule has 0 N–H and O–H groups in total. The Hall–Kier alpha value is -3.19. The second kappa shape index (κ2) is 10.4. The third kappa shape index (κ3) is 5.73. The minimum absolute atomic E-state index is 0.503. The number of ether oxygens (including phenoxy) is 2. The van der Waals surface area contributed by atoms with Crippen LogP contribution in [-0.4, -0.2) is 53.7 Å². The van der Waals surface area contributed by atoms with Gasteiger partial charge in [-0.1, -0.05) is 29.8 Å². The molecule has 3 aromatic rings. The second-order valence-corrected chi connectivity index (χ2v) is 8.09. The zero-order valence-corrected chi connectivity index (χ0v) is 19.1. The number of pyridine rings is 1. The van der Waals surface area contributed by atoms with Crippen molar-refractivity contribution in [3.63, 3.8) is 0 Å². The molecule has 3 heterocycles. The zero-order chi connectivity index (χ0) is 22.3. The summed E-state index contributed by atoms with van der Waals surface area (Å²) in [6.45, 7) is 8.34. The highest BCUT2D eigenvalue weighted by Gasteiger charge is 2.14. The van der Waals surface area contributed by atoms with Crippen LogP contribution in [0.5, 0.6) is 5.88 Å². The highest BCUT2D eigenvalue weighted by Crippen LogP contribution is 2.23. The first-order valence-corrected chi connectivity index (χ1v) is 11.1. The number of nitrogens with zero attached hydrogens (tertiary/aromatic N) is 5. The van der Waals surface area contributed by atoms with Crippen LogP contribution in [0.4, 0.5) is 5.69 Å². The fraction of sp³-hybridized carbons (Fsp3) is 0.400. The average Bonchev–Trinajstić information content (AvgIpc) is 3.12. The van der Waals surface area contributed by atoms with Crippen molar-refractivity contribution in [2.75, 3.05) is 37.8 Å². The van der Waals surface area contributed by atoms with Crippen molar-refractivity contribution < 1.29 is 9.47 Å². The first-order chi connectivity index (χ1) is 15.6. The fourth-order valence-corrected chi connectivity index (χ4v) is 3.74. The Morgan fingerprint density at radius 3 is 2.75 bits per heavy atom. The van der Waals surface area contributed by atoms with E-state index < -0.39 is 0 Å². The number of aryl methyl sites for hydroxylation is 2. The van der Waals surface area contributed by atoms with Gasteiger partial charge in [0.05, 0.1) is 32.1 Å². The summed E-state index contributed by atoms with van der Waals surface area (Å²) in [5.74, 6) is 1.63. The van der Waals surface area contributed by atoms with E-state index in [4.69, 9.17) is 14.5 Å². The summed E-state index contributed by atoms with van der Waals surface area (Å²) in [7, 11) is 2.03. The Bertz CT molecular complexity index is 1070. The molecular weight excluding hydrogens is 402 g/mol. The number of benzene rings is 1. The van der Waals surface area contributed by atoms with E-state index in [1.54, 1.807) is 0 Å². The summed E-state index contributed by atoms with van der Waals surface area (Å²) in [6, 6.07) is 12.4. The molecule has 1 fully saturated rings. The molecule has 4 rings (SSSR count). The largest absolute Gasteiger partial charge is 0.477 e. The van der Waals surface area contributed by atoms with Crippen LogP contribution >= 0.6 is 0 Å². The minimum atomic E-state index is 0.503. The molecular formula is C25H31N5O2. The molecule has 0 unspecified atom stereocenters. The predicted molar refractivity (Wildman–Crippen MR) is 127 cm³/mol. The lowest BCUT2D eigenvalue weighted by Crippen LogP contribution is -2.36. The minimum Gasteiger partial charge on any atom is -0.477 e. The van der Waals surface area contributed by atoms with E-state index in [9.17, 15) is 0 Å². The highest BCUT2D eigenvalue weighted by atomic mass is 16.5. The highest BCUT2D eigenvalue weighted by molar-refractivity contribution is 5.79. The summed E-state index contributed by atoms with van der Waals surface area (Å²) in [5.41, 5.74) is 5.47. The third-order valence-corrected chi connectivity index (χ3v) is 5.68. The van der Waals surface area contributed by atoms with Crippen LogP contribution in [0.2, 0.25) is 0 Å². The summed E-state index contributed by atoms with van der Waals surface area (Å²) < 4.78 is 13.7. The van der Waals surface area contributed by atoms with Gasteiger partial charge >= 0.3 is 0 Å². The van der Waals surface area contributed by atoms with E-state index in [1.807, 2.05) is 38.5 Å². The monoisotopic (exact) mass is 433 g/mol. The molecule has 0 radical (unpaired) electrons. The first-order valence-electron chi connectivity index (χ1n) is 11.1. The Labute approximate surface area is 189 Å². The van der Waals surface area contributed by atoms with E-state index in [0.29, 0.717) is 19.0 Å². The molecule has 7 heteroatoms. The molecule has 1 aliphatic heterocycles. The predicted octanol–water partition coefficient (Wildman–Crippen LogP) is 3.51. The van der Waals surface area contributed by atoms with E-state index in [2.05, 4.69) is 50.6 Å². The number of aromatic nitrogens is 3. The summed E-state index contributed by atoms with van der Waals surface area (Å²) in [5, 5.41) is 0. The smallest absolute Gasteiger partial charge is 0.215 e. The quantitative estimate of drug-likeness (QED) is 0.509. The lowest BCUT2D eigenvalue weighted by molar-refractivity contribution is 0.122. The normalized spacial score (nSPS) is 14.3. The fourth-order valence-electron chi connectivity index (χ4n) is 3.74. The average molecular weight is 434 g/mol. The SMILES string of the molecule is Cc1cccc(C=NCc2cc(N3CCOCC3)cc(OCCc3cnc(C)n3C)n2)c1. The van der Waals surface area contributed by atoms with E-state index in [-0.39, 0.29) is 0 Å². The van der Waals surface area contributed by atoms with Crippen LogP contribution in [0.25, 0.3) is 0 Å². The maximum Gasteiger partial charge on any atom is 0.215 e. The van der Waals surface area contributed by atoms with Gasteiger partial charge < -0.3 is 18.9 Å². The van der Waals surface area contributed by atoms with Gasteiger partial charge in [0, 0.05) is 56.4 Å². The number of hydrogen-bond acceptors (Lipinski definition) is 6. The molecule has 7 nitrogen and oxygen atoms in total. The van der Waals surface area contributed by atoms with Crippen molar-refractivity contribution in [3.05, 3.63) is 70.9 Å². The van der Waals surface area contributed by atoms with Gasteiger partial charge in [-0.05, 0) is 25.5 Å². The van der Waals surface area contributed by atoms with Gasteiger partial charge in [-0.15, -0.1) is 0 Å². The molecule has 1 aromatic carbocycles. The topological polar surface area (TPSA) is 64.8 Å². The molecule has 0 aliphatic carbocycles.